The largest absolute Gasteiger partial charge is 0.493 e. The van der Waals surface area contributed by atoms with Crippen LogP contribution >= 0.6 is 38.5 Å². The fourth-order valence-electron chi connectivity index (χ4n) is 2.71. The number of aliphatic imine (C=N–C) groups is 1. The minimum Gasteiger partial charge on any atom is -0.493 e. The van der Waals surface area contributed by atoms with Crippen molar-refractivity contribution >= 4 is 62.4 Å². The number of ether oxygens (including phenoxy) is 4. The minimum absolute atomic E-state index is 0.166. The predicted molar refractivity (Wildman–Crippen MR) is 127 cm³/mol. The van der Waals surface area contributed by atoms with Gasteiger partial charge in [0.1, 0.15) is 0 Å². The normalized spacial score (nSPS) is 14.3. The highest BCUT2D eigenvalue weighted by Gasteiger charge is 2.25. The standard InChI is InChI=1S/C22H19BrINO6/c1-4-29-19(26)11-30-20-15(23)7-13(9-18(20)28-3)8-17-22(27)31-21(25-17)14-6-5-12(2)16(24)10-14/h5-10H,4,11H2,1-3H3. The average Bonchev–Trinajstić information content (AvgIpc) is 3.09. The smallest absolute Gasteiger partial charge is 0.363 e. The second kappa shape index (κ2) is 10.3. The van der Waals surface area contributed by atoms with E-state index in [-0.39, 0.29) is 24.8 Å². The maximum atomic E-state index is 12.3. The maximum absolute atomic E-state index is 12.3. The van der Waals surface area contributed by atoms with Gasteiger partial charge in [-0.1, -0.05) is 6.07 Å². The molecule has 0 N–H and O–H groups in total. The Morgan fingerprint density at radius 1 is 1.29 bits per heavy atom. The zero-order valence-corrected chi connectivity index (χ0v) is 20.8. The van der Waals surface area contributed by atoms with Crippen molar-refractivity contribution in [3.05, 3.63) is 60.8 Å². The van der Waals surface area contributed by atoms with E-state index in [0.717, 1.165) is 14.7 Å². The lowest BCUT2D eigenvalue weighted by molar-refractivity contribution is -0.145. The van der Waals surface area contributed by atoms with Crippen LogP contribution in [0.15, 0.2) is 45.5 Å². The van der Waals surface area contributed by atoms with Crippen LogP contribution in [0.2, 0.25) is 0 Å². The molecule has 1 aliphatic rings. The second-order valence-corrected chi connectivity index (χ2v) is 8.44. The molecule has 0 saturated heterocycles. The van der Waals surface area contributed by atoms with Crippen LogP contribution < -0.4 is 9.47 Å². The van der Waals surface area contributed by atoms with Crippen molar-refractivity contribution in [3.63, 3.8) is 0 Å². The first-order chi connectivity index (χ1) is 14.8. The predicted octanol–water partition coefficient (Wildman–Crippen LogP) is 4.66. The highest BCUT2D eigenvalue weighted by atomic mass is 127. The Kier molecular flexibility index (Phi) is 7.71. The zero-order chi connectivity index (χ0) is 22.5. The van der Waals surface area contributed by atoms with Crippen LogP contribution in [0.3, 0.4) is 0 Å². The summed E-state index contributed by atoms with van der Waals surface area (Å²) in [6.07, 6.45) is 1.59. The molecule has 9 heteroatoms. The van der Waals surface area contributed by atoms with Crippen LogP contribution in [0.25, 0.3) is 6.08 Å². The van der Waals surface area contributed by atoms with E-state index >= 15 is 0 Å². The molecule has 2 aromatic rings. The van der Waals surface area contributed by atoms with Crippen molar-refractivity contribution in [2.24, 2.45) is 4.99 Å². The topological polar surface area (TPSA) is 83.4 Å². The quantitative estimate of drug-likeness (QED) is 0.262. The molecule has 0 aromatic heterocycles. The lowest BCUT2D eigenvalue weighted by Crippen LogP contribution is -2.15. The average molecular weight is 600 g/mol. The zero-order valence-electron chi connectivity index (χ0n) is 17.0. The van der Waals surface area contributed by atoms with E-state index in [1.54, 1.807) is 25.1 Å². The Hall–Kier alpha value is -2.40. The van der Waals surface area contributed by atoms with Gasteiger partial charge in [-0.25, -0.2) is 14.6 Å². The summed E-state index contributed by atoms with van der Waals surface area (Å²) in [4.78, 5) is 28.2. The maximum Gasteiger partial charge on any atom is 0.363 e. The third-order valence-corrected chi connectivity index (χ3v) is 5.99. The van der Waals surface area contributed by atoms with E-state index in [1.807, 2.05) is 25.1 Å². The van der Waals surface area contributed by atoms with Crippen molar-refractivity contribution in [1.82, 2.24) is 0 Å². The summed E-state index contributed by atoms with van der Waals surface area (Å²) in [5.41, 5.74) is 2.67. The molecule has 7 nitrogen and oxygen atoms in total. The molecule has 0 radical (unpaired) electrons. The Balaban J connectivity index is 1.87. The van der Waals surface area contributed by atoms with Gasteiger partial charge in [0.2, 0.25) is 5.90 Å². The molecular weight excluding hydrogens is 581 g/mol. The molecule has 0 amide bonds. The highest BCUT2D eigenvalue weighted by Crippen LogP contribution is 2.37. The van der Waals surface area contributed by atoms with Gasteiger partial charge in [-0.2, -0.15) is 0 Å². The molecular formula is C22H19BrINO6. The van der Waals surface area contributed by atoms with Crippen LogP contribution in [0, 0.1) is 10.5 Å². The number of cyclic esters (lactones) is 1. The minimum atomic E-state index is -0.539. The van der Waals surface area contributed by atoms with E-state index < -0.39 is 11.9 Å². The number of hydrogen-bond acceptors (Lipinski definition) is 7. The molecule has 31 heavy (non-hydrogen) atoms. The van der Waals surface area contributed by atoms with Crippen LogP contribution in [-0.4, -0.2) is 38.2 Å². The Bertz CT molecular complexity index is 1100. The van der Waals surface area contributed by atoms with Gasteiger partial charge in [-0.05, 0) is 93.8 Å². The van der Waals surface area contributed by atoms with Gasteiger partial charge in [-0.15, -0.1) is 0 Å². The van der Waals surface area contributed by atoms with Crippen molar-refractivity contribution in [2.75, 3.05) is 20.3 Å². The van der Waals surface area contributed by atoms with Gasteiger partial charge in [0, 0.05) is 9.13 Å². The molecule has 3 rings (SSSR count). The second-order valence-electron chi connectivity index (χ2n) is 6.43. The van der Waals surface area contributed by atoms with E-state index in [0.29, 0.717) is 21.5 Å². The number of carbonyl (C=O) groups is 2. The number of esters is 2. The van der Waals surface area contributed by atoms with Gasteiger partial charge >= 0.3 is 11.9 Å². The van der Waals surface area contributed by atoms with Crippen LogP contribution in [-0.2, 0) is 19.1 Å². The first-order valence-corrected chi connectivity index (χ1v) is 11.1. The number of nitrogens with zero attached hydrogens (tertiary/aromatic N) is 1. The fraction of sp³-hybridized carbons (Fsp3) is 0.227. The van der Waals surface area contributed by atoms with Crippen LogP contribution in [0.1, 0.15) is 23.6 Å². The number of benzene rings is 2. The van der Waals surface area contributed by atoms with E-state index in [1.165, 1.54) is 7.11 Å². The number of aryl methyl sites for hydroxylation is 1. The monoisotopic (exact) mass is 599 g/mol. The first kappa shape index (κ1) is 23.3. The van der Waals surface area contributed by atoms with Crippen LogP contribution in [0.4, 0.5) is 0 Å². The van der Waals surface area contributed by atoms with Crippen molar-refractivity contribution in [1.29, 1.82) is 0 Å². The summed E-state index contributed by atoms with van der Waals surface area (Å²) in [5.74, 6) is -0.0267. The molecule has 0 bridgehead atoms. The Morgan fingerprint density at radius 2 is 2.06 bits per heavy atom. The summed E-state index contributed by atoms with van der Waals surface area (Å²) in [7, 11) is 1.48. The summed E-state index contributed by atoms with van der Waals surface area (Å²) < 4.78 is 22.7. The third kappa shape index (κ3) is 5.65. The molecule has 0 fully saturated rings. The number of hydrogen-bond donors (Lipinski definition) is 0. The van der Waals surface area contributed by atoms with Crippen LogP contribution in [0.5, 0.6) is 11.5 Å². The molecule has 0 spiro atoms. The van der Waals surface area contributed by atoms with Crippen molar-refractivity contribution in [3.8, 4) is 11.5 Å². The molecule has 0 unspecified atom stereocenters. The highest BCUT2D eigenvalue weighted by molar-refractivity contribution is 14.1. The summed E-state index contributed by atoms with van der Waals surface area (Å²) >= 11 is 5.64. The molecule has 0 saturated carbocycles. The van der Waals surface area contributed by atoms with Gasteiger partial charge in [0.15, 0.2) is 23.8 Å². The van der Waals surface area contributed by atoms with Gasteiger partial charge in [0.05, 0.1) is 18.2 Å². The first-order valence-electron chi connectivity index (χ1n) is 9.27. The number of methoxy groups -OCH3 is 1. The molecule has 2 aromatic carbocycles. The van der Waals surface area contributed by atoms with Gasteiger partial charge < -0.3 is 18.9 Å². The molecule has 1 aliphatic heterocycles. The summed E-state index contributed by atoms with van der Waals surface area (Å²) in [6, 6.07) is 9.13. The van der Waals surface area contributed by atoms with E-state index in [9.17, 15) is 9.59 Å². The summed E-state index contributed by atoms with van der Waals surface area (Å²) in [5, 5.41) is 0. The number of carbonyl (C=O) groups excluding carboxylic acids is 2. The Labute approximate surface area is 201 Å². The fourth-order valence-corrected chi connectivity index (χ4v) is 3.80. The molecule has 0 atom stereocenters. The lowest BCUT2D eigenvalue weighted by atomic mass is 10.1. The van der Waals surface area contributed by atoms with Gasteiger partial charge in [0.25, 0.3) is 0 Å². The van der Waals surface area contributed by atoms with E-state index in [2.05, 4.69) is 43.5 Å². The van der Waals surface area contributed by atoms with Crippen molar-refractivity contribution < 1.29 is 28.5 Å². The molecule has 162 valence electrons. The van der Waals surface area contributed by atoms with Crippen molar-refractivity contribution in [2.45, 2.75) is 13.8 Å². The van der Waals surface area contributed by atoms with Gasteiger partial charge in [-0.3, -0.25) is 0 Å². The summed E-state index contributed by atoms with van der Waals surface area (Å²) in [6.45, 7) is 3.74. The number of rotatable bonds is 7. The lowest BCUT2D eigenvalue weighted by Gasteiger charge is -2.13. The number of halogens is 2. The van der Waals surface area contributed by atoms with E-state index in [4.69, 9.17) is 18.9 Å². The Morgan fingerprint density at radius 3 is 2.74 bits per heavy atom. The third-order valence-electron chi connectivity index (χ3n) is 4.23. The molecule has 1 heterocycles. The molecule has 0 aliphatic carbocycles. The SMILES string of the molecule is CCOC(=O)COc1c(Br)cc(C=C2N=C(c3ccc(C)c(I)c3)OC2=O)cc1OC.